The van der Waals surface area contributed by atoms with E-state index < -0.39 is 23.3 Å². The number of nitrogens with one attached hydrogen (secondary N) is 1. The van der Waals surface area contributed by atoms with E-state index in [1.807, 2.05) is 19.1 Å². The molecule has 6 heteroatoms. The van der Waals surface area contributed by atoms with Crippen molar-refractivity contribution in [3.8, 4) is 11.5 Å². The van der Waals surface area contributed by atoms with Crippen LogP contribution in [0.5, 0.6) is 11.5 Å². The number of hydrogen-bond donors (Lipinski definition) is 4. The summed E-state index contributed by atoms with van der Waals surface area (Å²) in [5, 5.41) is 34.4. The molecule has 0 saturated carbocycles. The molecule has 0 bridgehead atoms. The Kier molecular flexibility index (Phi) is 4.92. The van der Waals surface area contributed by atoms with Crippen molar-refractivity contribution in [2.75, 3.05) is 20.8 Å². The van der Waals surface area contributed by atoms with Crippen LogP contribution in [0.1, 0.15) is 31.9 Å². The normalized spacial score (nSPS) is 23.8. The van der Waals surface area contributed by atoms with Crippen molar-refractivity contribution in [1.82, 2.24) is 5.32 Å². The van der Waals surface area contributed by atoms with Gasteiger partial charge in [-0.15, -0.1) is 0 Å². The molecule has 6 nitrogen and oxygen atoms in total. The molecule has 0 aliphatic carbocycles. The molecule has 1 heterocycles. The van der Waals surface area contributed by atoms with Gasteiger partial charge in [0, 0.05) is 6.54 Å². The van der Waals surface area contributed by atoms with Crippen molar-refractivity contribution in [1.29, 1.82) is 0 Å². The molecule has 2 rings (SSSR count). The van der Waals surface area contributed by atoms with Crippen LogP contribution in [0.3, 0.4) is 0 Å². The molecule has 0 amide bonds. The molecular formula is C17H27NO5. The summed E-state index contributed by atoms with van der Waals surface area (Å²) in [6.07, 6.45) is -1.73. The lowest BCUT2D eigenvalue weighted by atomic mass is 9.75. The highest BCUT2D eigenvalue weighted by molar-refractivity contribution is 5.51. The lowest BCUT2D eigenvalue weighted by molar-refractivity contribution is -0.132. The molecule has 2 unspecified atom stereocenters. The quantitative estimate of drug-likeness (QED) is 0.632. The van der Waals surface area contributed by atoms with Crippen LogP contribution in [0.15, 0.2) is 12.1 Å². The van der Waals surface area contributed by atoms with Gasteiger partial charge in [-0.1, -0.05) is 0 Å². The molecule has 1 aliphatic heterocycles. The van der Waals surface area contributed by atoms with Gasteiger partial charge >= 0.3 is 0 Å². The highest BCUT2D eigenvalue weighted by Gasteiger charge is 2.46. The Hall–Kier alpha value is -1.34. The van der Waals surface area contributed by atoms with Crippen LogP contribution in [0.4, 0.5) is 0 Å². The van der Waals surface area contributed by atoms with Crippen molar-refractivity contribution in [2.45, 2.75) is 50.5 Å². The van der Waals surface area contributed by atoms with Crippen LogP contribution >= 0.6 is 0 Å². The molecule has 3 atom stereocenters. The van der Waals surface area contributed by atoms with E-state index in [4.69, 9.17) is 9.47 Å². The second kappa shape index (κ2) is 6.28. The average Bonchev–Trinajstić information content (AvgIpc) is 2.51. The van der Waals surface area contributed by atoms with E-state index >= 15 is 0 Å². The number of aliphatic hydroxyl groups excluding tert-OH is 2. The van der Waals surface area contributed by atoms with E-state index in [1.165, 1.54) is 13.8 Å². The lowest BCUT2D eigenvalue weighted by Gasteiger charge is -2.44. The Morgan fingerprint density at radius 1 is 1.17 bits per heavy atom. The lowest BCUT2D eigenvalue weighted by Crippen LogP contribution is -2.61. The predicted octanol–water partition coefficient (Wildman–Crippen LogP) is 0.557. The third kappa shape index (κ3) is 3.17. The van der Waals surface area contributed by atoms with Gasteiger partial charge in [-0.2, -0.15) is 0 Å². The molecule has 23 heavy (non-hydrogen) atoms. The third-order valence-electron chi connectivity index (χ3n) is 4.67. The third-order valence-corrected chi connectivity index (χ3v) is 4.67. The fourth-order valence-corrected chi connectivity index (χ4v) is 3.13. The maximum Gasteiger partial charge on any atom is 0.161 e. The number of hydrogen-bond acceptors (Lipinski definition) is 6. The number of benzene rings is 1. The number of methoxy groups -OCH3 is 2. The first-order chi connectivity index (χ1) is 10.6. The van der Waals surface area contributed by atoms with Crippen LogP contribution < -0.4 is 14.8 Å². The van der Waals surface area contributed by atoms with Gasteiger partial charge in [0.1, 0.15) is 12.2 Å². The van der Waals surface area contributed by atoms with Crippen LogP contribution in [0.25, 0.3) is 0 Å². The van der Waals surface area contributed by atoms with E-state index in [2.05, 4.69) is 5.32 Å². The Morgan fingerprint density at radius 3 is 2.26 bits per heavy atom. The number of fused-ring (bicyclic) bond motifs is 1. The monoisotopic (exact) mass is 325 g/mol. The van der Waals surface area contributed by atoms with Crippen molar-refractivity contribution in [2.24, 2.45) is 0 Å². The van der Waals surface area contributed by atoms with E-state index in [-0.39, 0.29) is 0 Å². The zero-order valence-corrected chi connectivity index (χ0v) is 14.4. The van der Waals surface area contributed by atoms with Gasteiger partial charge < -0.3 is 30.1 Å². The van der Waals surface area contributed by atoms with E-state index in [0.29, 0.717) is 18.0 Å². The number of aliphatic hydroxyl groups is 3. The minimum absolute atomic E-state index is 0.561. The first-order valence-corrected chi connectivity index (χ1v) is 7.74. The van der Waals surface area contributed by atoms with Crippen LogP contribution in [0.2, 0.25) is 0 Å². The van der Waals surface area contributed by atoms with Crippen LogP contribution in [-0.2, 0) is 12.0 Å². The van der Waals surface area contributed by atoms with Crippen molar-refractivity contribution >= 4 is 0 Å². The fourth-order valence-electron chi connectivity index (χ4n) is 3.13. The molecule has 0 radical (unpaired) electrons. The maximum absolute atomic E-state index is 10.7. The van der Waals surface area contributed by atoms with Crippen molar-refractivity contribution in [3.05, 3.63) is 23.3 Å². The molecule has 0 fully saturated rings. The van der Waals surface area contributed by atoms with Gasteiger partial charge in [0.2, 0.25) is 0 Å². The topological polar surface area (TPSA) is 91.2 Å². The largest absolute Gasteiger partial charge is 0.493 e. The minimum atomic E-state index is -1.42. The second-order valence-corrected chi connectivity index (χ2v) is 6.79. The summed E-state index contributed by atoms with van der Waals surface area (Å²) in [7, 11) is 3.14. The minimum Gasteiger partial charge on any atom is -0.493 e. The summed E-state index contributed by atoms with van der Waals surface area (Å²) < 4.78 is 10.7. The smallest absolute Gasteiger partial charge is 0.161 e. The molecule has 1 aliphatic rings. The fraction of sp³-hybridized carbons (Fsp3) is 0.647. The molecule has 1 aromatic carbocycles. The van der Waals surface area contributed by atoms with Gasteiger partial charge in [-0.05, 0) is 50.5 Å². The van der Waals surface area contributed by atoms with Gasteiger partial charge in [-0.3, -0.25) is 0 Å². The SMILES string of the molecule is COc1cc2c(cc1OC)[C@@](C)(C(O)C(O)C(C)(C)O)NCC2. The summed E-state index contributed by atoms with van der Waals surface area (Å²) in [6, 6.07) is 3.72. The van der Waals surface area contributed by atoms with E-state index in [9.17, 15) is 15.3 Å². The summed E-state index contributed by atoms with van der Waals surface area (Å²) in [5.74, 6) is 1.19. The van der Waals surface area contributed by atoms with Crippen molar-refractivity contribution < 1.29 is 24.8 Å². The highest BCUT2D eigenvalue weighted by Crippen LogP contribution is 2.40. The zero-order chi connectivity index (χ0) is 17.4. The summed E-state index contributed by atoms with van der Waals surface area (Å²) >= 11 is 0. The van der Waals surface area contributed by atoms with E-state index in [0.717, 1.165) is 17.5 Å². The summed E-state index contributed by atoms with van der Waals surface area (Å²) in [5.41, 5.74) is -0.478. The molecule has 130 valence electrons. The number of rotatable bonds is 5. The Balaban J connectivity index is 2.51. The molecule has 4 N–H and O–H groups in total. The Bertz CT molecular complexity index is 569. The van der Waals surface area contributed by atoms with Crippen LogP contribution in [0, 0.1) is 0 Å². The predicted molar refractivity (Wildman–Crippen MR) is 86.9 cm³/mol. The molecule has 0 saturated heterocycles. The molecule has 0 spiro atoms. The zero-order valence-electron chi connectivity index (χ0n) is 14.4. The first-order valence-electron chi connectivity index (χ1n) is 7.74. The summed E-state index contributed by atoms with van der Waals surface area (Å²) in [4.78, 5) is 0. The van der Waals surface area contributed by atoms with Crippen molar-refractivity contribution in [3.63, 3.8) is 0 Å². The van der Waals surface area contributed by atoms with Gasteiger partial charge in [0.15, 0.2) is 11.5 Å². The first kappa shape index (κ1) is 18.0. The Labute approximate surface area is 137 Å². The standard InChI is InChI=1S/C17H27NO5/c1-16(2,21)14(19)15(20)17(3)11-9-13(23-5)12(22-4)8-10(11)6-7-18-17/h8-9,14-15,18-21H,6-7H2,1-5H3/t14?,15?,17-/m0/s1. The van der Waals surface area contributed by atoms with Gasteiger partial charge in [0.25, 0.3) is 0 Å². The second-order valence-electron chi connectivity index (χ2n) is 6.79. The molecule has 1 aromatic rings. The van der Waals surface area contributed by atoms with E-state index in [1.54, 1.807) is 14.2 Å². The Morgan fingerprint density at radius 2 is 1.74 bits per heavy atom. The molecular weight excluding hydrogens is 298 g/mol. The number of ether oxygens (including phenoxy) is 2. The maximum atomic E-state index is 10.7. The van der Waals surface area contributed by atoms with Gasteiger partial charge in [-0.25, -0.2) is 0 Å². The average molecular weight is 325 g/mol. The van der Waals surface area contributed by atoms with Crippen LogP contribution in [-0.4, -0.2) is 53.9 Å². The molecule has 0 aromatic heterocycles. The summed E-state index contributed by atoms with van der Waals surface area (Å²) in [6.45, 7) is 5.41. The van der Waals surface area contributed by atoms with Gasteiger partial charge in [0.05, 0.1) is 25.4 Å². The highest BCUT2D eigenvalue weighted by atomic mass is 16.5.